The number of nitrogens with one attached hydrogen (secondary N) is 2. The second-order valence-corrected chi connectivity index (χ2v) is 7.96. The molecule has 1 aliphatic rings. The maximum atomic E-state index is 12.3. The summed E-state index contributed by atoms with van der Waals surface area (Å²) < 4.78 is 0. The number of thiophene rings is 1. The van der Waals surface area contributed by atoms with Crippen LogP contribution >= 0.6 is 23.6 Å². The highest BCUT2D eigenvalue weighted by molar-refractivity contribution is 7.80. The number of thiocarbonyl (C=S) groups is 1. The molecule has 0 unspecified atom stereocenters. The summed E-state index contributed by atoms with van der Waals surface area (Å²) in [6, 6.07) is 9.62. The molecule has 0 bridgehead atoms. The monoisotopic (exact) mass is 369 g/mol. The molecule has 0 saturated heterocycles. The zero-order valence-corrected chi connectivity index (χ0v) is 15.8. The van der Waals surface area contributed by atoms with Crippen LogP contribution < -0.4 is 10.6 Å². The van der Waals surface area contributed by atoms with Gasteiger partial charge in [-0.3, -0.25) is 10.1 Å². The smallest absolute Gasteiger partial charge is 0.257 e. The zero-order chi connectivity index (χ0) is 18.0. The number of benzene rings is 1. The predicted octanol–water partition coefficient (Wildman–Crippen LogP) is 4.18. The lowest BCUT2D eigenvalue weighted by Crippen LogP contribution is -2.34. The van der Waals surface area contributed by atoms with Gasteiger partial charge in [0, 0.05) is 10.4 Å². The number of carbonyl (C=O) groups excluding carboxylic acids is 1. The largest absolute Gasteiger partial charge is 0.323 e. The van der Waals surface area contributed by atoms with Gasteiger partial charge in [-0.25, -0.2) is 0 Å². The molecule has 1 aliphatic carbocycles. The van der Waals surface area contributed by atoms with Crippen molar-refractivity contribution in [3.63, 3.8) is 0 Å². The molecule has 0 spiro atoms. The van der Waals surface area contributed by atoms with Gasteiger partial charge in [0.2, 0.25) is 0 Å². The molecule has 128 valence electrons. The molecular weight excluding hydrogens is 350 g/mol. The quantitative estimate of drug-likeness (QED) is 0.780. The number of fused-ring (bicyclic) bond motifs is 1. The lowest BCUT2D eigenvalue weighted by Gasteiger charge is -2.17. The van der Waals surface area contributed by atoms with Crippen molar-refractivity contribution < 1.29 is 4.79 Å². The number of nitriles is 1. The Morgan fingerprint density at radius 3 is 2.96 bits per heavy atom. The molecule has 4 nitrogen and oxygen atoms in total. The molecule has 0 aliphatic heterocycles. The van der Waals surface area contributed by atoms with E-state index in [2.05, 4.69) is 23.6 Å². The second-order valence-electron chi connectivity index (χ2n) is 6.45. The number of anilines is 1. The average Bonchev–Trinajstić information content (AvgIpc) is 2.90. The van der Waals surface area contributed by atoms with Gasteiger partial charge in [0.15, 0.2) is 5.11 Å². The van der Waals surface area contributed by atoms with E-state index in [1.54, 1.807) is 17.4 Å². The van der Waals surface area contributed by atoms with Gasteiger partial charge >= 0.3 is 0 Å². The van der Waals surface area contributed by atoms with Crippen molar-refractivity contribution in [2.75, 3.05) is 5.32 Å². The Balaban J connectivity index is 1.73. The summed E-state index contributed by atoms with van der Waals surface area (Å²) in [7, 11) is 0. The van der Waals surface area contributed by atoms with Crippen molar-refractivity contribution in [2.45, 2.75) is 33.1 Å². The van der Waals surface area contributed by atoms with Crippen LogP contribution in [0.15, 0.2) is 24.3 Å². The molecule has 0 fully saturated rings. The van der Waals surface area contributed by atoms with Gasteiger partial charge in [0.1, 0.15) is 11.1 Å². The van der Waals surface area contributed by atoms with Crippen LogP contribution in [0, 0.1) is 24.2 Å². The third-order valence-electron chi connectivity index (χ3n) is 4.36. The number of aryl methyl sites for hydroxylation is 1. The third-order valence-corrected chi connectivity index (χ3v) is 5.73. The molecule has 2 aromatic rings. The molecule has 0 saturated carbocycles. The Hall–Kier alpha value is -2.23. The number of hydrogen-bond acceptors (Lipinski definition) is 4. The van der Waals surface area contributed by atoms with E-state index in [9.17, 15) is 10.1 Å². The zero-order valence-electron chi connectivity index (χ0n) is 14.2. The number of amides is 1. The summed E-state index contributed by atoms with van der Waals surface area (Å²) in [6.45, 7) is 4.16. The van der Waals surface area contributed by atoms with E-state index in [4.69, 9.17) is 12.2 Å². The Morgan fingerprint density at radius 1 is 1.44 bits per heavy atom. The van der Waals surface area contributed by atoms with Crippen LogP contribution in [0.25, 0.3) is 0 Å². The molecule has 1 aromatic heterocycles. The molecule has 6 heteroatoms. The first-order chi connectivity index (χ1) is 12.0. The Bertz CT molecular complexity index is 879. The van der Waals surface area contributed by atoms with Gasteiger partial charge in [-0.1, -0.05) is 24.6 Å². The Morgan fingerprint density at radius 2 is 2.24 bits per heavy atom. The van der Waals surface area contributed by atoms with E-state index in [0.717, 1.165) is 35.4 Å². The van der Waals surface area contributed by atoms with Gasteiger partial charge in [-0.2, -0.15) is 5.26 Å². The number of carbonyl (C=O) groups is 1. The normalized spacial score (nSPS) is 15.8. The van der Waals surface area contributed by atoms with Crippen molar-refractivity contribution in [2.24, 2.45) is 5.92 Å². The summed E-state index contributed by atoms with van der Waals surface area (Å²) in [5.74, 6) is 0.383. The van der Waals surface area contributed by atoms with Crippen molar-refractivity contribution in [1.29, 1.82) is 5.26 Å². The molecule has 1 aromatic carbocycles. The highest BCUT2D eigenvalue weighted by Crippen LogP contribution is 2.39. The van der Waals surface area contributed by atoms with Gasteiger partial charge in [-0.15, -0.1) is 11.3 Å². The summed E-state index contributed by atoms with van der Waals surface area (Å²) >= 11 is 6.84. The Labute approximate surface area is 156 Å². The van der Waals surface area contributed by atoms with Gasteiger partial charge < -0.3 is 5.32 Å². The lowest BCUT2D eigenvalue weighted by atomic mass is 9.89. The highest BCUT2D eigenvalue weighted by atomic mass is 32.1. The molecule has 1 amide bonds. The minimum atomic E-state index is -0.255. The lowest BCUT2D eigenvalue weighted by molar-refractivity contribution is 0.0977. The van der Waals surface area contributed by atoms with Crippen LogP contribution in [0.3, 0.4) is 0 Å². The minimum absolute atomic E-state index is 0.217. The van der Waals surface area contributed by atoms with E-state index in [0.29, 0.717) is 17.0 Å². The van der Waals surface area contributed by atoms with Crippen LogP contribution in [0.2, 0.25) is 0 Å². The Kier molecular flexibility index (Phi) is 5.16. The maximum absolute atomic E-state index is 12.3. The summed E-state index contributed by atoms with van der Waals surface area (Å²) in [6.07, 6.45) is 3.03. The van der Waals surface area contributed by atoms with Crippen LogP contribution in [-0.4, -0.2) is 11.0 Å². The molecule has 1 atom stereocenters. The number of nitrogens with zero attached hydrogens (tertiary/aromatic N) is 1. The van der Waals surface area contributed by atoms with Crippen molar-refractivity contribution in [3.05, 3.63) is 51.4 Å². The van der Waals surface area contributed by atoms with Crippen LogP contribution in [0.4, 0.5) is 5.00 Å². The topological polar surface area (TPSA) is 64.9 Å². The average molecular weight is 370 g/mol. The second kappa shape index (κ2) is 7.34. The highest BCUT2D eigenvalue weighted by Gasteiger charge is 2.24. The number of hydrogen-bond donors (Lipinski definition) is 2. The first kappa shape index (κ1) is 17.6. The molecule has 2 N–H and O–H groups in total. The standard InChI is InChI=1S/C19H19N3OS2/c1-11-4-3-5-13(8-11)17(23)21-19(24)22-18-15(10-20)14-7-6-12(2)9-16(14)25-18/h3-5,8,12H,6-7,9H2,1-2H3,(H2,21,22,23,24)/t12-/m1/s1. The maximum Gasteiger partial charge on any atom is 0.257 e. The molecular formula is C19H19N3OS2. The van der Waals surface area contributed by atoms with E-state index < -0.39 is 0 Å². The third kappa shape index (κ3) is 3.89. The first-order valence-electron chi connectivity index (χ1n) is 8.21. The van der Waals surface area contributed by atoms with Crippen molar-refractivity contribution >= 4 is 39.6 Å². The molecule has 1 heterocycles. The summed E-state index contributed by atoms with van der Waals surface area (Å²) in [4.78, 5) is 13.5. The minimum Gasteiger partial charge on any atom is -0.323 e. The predicted molar refractivity (Wildman–Crippen MR) is 105 cm³/mol. The number of rotatable bonds is 2. The van der Waals surface area contributed by atoms with E-state index in [-0.39, 0.29) is 11.0 Å². The van der Waals surface area contributed by atoms with Crippen molar-refractivity contribution in [1.82, 2.24) is 5.32 Å². The molecule has 25 heavy (non-hydrogen) atoms. The van der Waals surface area contributed by atoms with E-state index in [1.165, 1.54) is 4.88 Å². The SMILES string of the molecule is Cc1cccc(C(=O)NC(=S)Nc2sc3c(c2C#N)CC[C@@H](C)C3)c1. The summed E-state index contributed by atoms with van der Waals surface area (Å²) in [5, 5.41) is 16.2. The van der Waals surface area contributed by atoms with E-state index in [1.807, 2.05) is 25.1 Å². The van der Waals surface area contributed by atoms with E-state index >= 15 is 0 Å². The fourth-order valence-electron chi connectivity index (χ4n) is 3.05. The van der Waals surface area contributed by atoms with Crippen LogP contribution in [-0.2, 0) is 12.8 Å². The van der Waals surface area contributed by atoms with Crippen LogP contribution in [0.5, 0.6) is 0 Å². The molecule has 3 rings (SSSR count). The summed E-state index contributed by atoms with van der Waals surface area (Å²) in [5.41, 5.74) is 3.38. The van der Waals surface area contributed by atoms with Crippen molar-refractivity contribution in [3.8, 4) is 6.07 Å². The van der Waals surface area contributed by atoms with Gasteiger partial charge in [-0.05, 0) is 62.0 Å². The first-order valence-corrected chi connectivity index (χ1v) is 9.44. The van der Waals surface area contributed by atoms with Gasteiger partial charge in [0.25, 0.3) is 5.91 Å². The van der Waals surface area contributed by atoms with Crippen LogP contribution in [0.1, 0.15) is 45.3 Å². The molecule has 0 radical (unpaired) electrons. The van der Waals surface area contributed by atoms with Gasteiger partial charge in [0.05, 0.1) is 5.56 Å². The fourth-order valence-corrected chi connectivity index (χ4v) is 4.68. The fraction of sp³-hybridized carbons (Fsp3) is 0.316.